The van der Waals surface area contributed by atoms with Crippen molar-refractivity contribution in [3.63, 3.8) is 0 Å². The van der Waals surface area contributed by atoms with Crippen molar-refractivity contribution in [2.75, 3.05) is 13.2 Å². The summed E-state index contributed by atoms with van der Waals surface area (Å²) in [5.41, 5.74) is 3.48. The van der Waals surface area contributed by atoms with Gasteiger partial charge < -0.3 is 19.9 Å². The summed E-state index contributed by atoms with van der Waals surface area (Å²) in [7, 11) is 0. The number of carbonyl (C=O) groups is 2. The van der Waals surface area contributed by atoms with Gasteiger partial charge in [-0.2, -0.15) is 0 Å². The van der Waals surface area contributed by atoms with Crippen molar-refractivity contribution in [1.29, 1.82) is 0 Å². The molecule has 2 aromatic rings. The Kier molecular flexibility index (Phi) is 6.37. The van der Waals surface area contributed by atoms with Gasteiger partial charge in [0.15, 0.2) is 0 Å². The van der Waals surface area contributed by atoms with Crippen LogP contribution in [0.3, 0.4) is 0 Å². The van der Waals surface area contributed by atoms with Crippen LogP contribution in [-0.2, 0) is 28.9 Å². The van der Waals surface area contributed by atoms with Crippen LogP contribution in [0.15, 0.2) is 24.3 Å². The number of hydrogen-bond acceptors (Lipinski definition) is 3. The fourth-order valence-electron chi connectivity index (χ4n) is 3.86. The first kappa shape index (κ1) is 19.3. The zero-order valence-corrected chi connectivity index (χ0v) is 16.2. The molecular weight excluding hydrogens is 342 g/mol. The van der Waals surface area contributed by atoms with E-state index in [0.29, 0.717) is 13.2 Å². The van der Waals surface area contributed by atoms with Gasteiger partial charge in [-0.25, -0.2) is 4.79 Å². The number of unbranched alkanes of at least 4 members (excludes halogenated alkanes) is 1. The molecule has 1 atom stereocenters. The van der Waals surface area contributed by atoms with Crippen molar-refractivity contribution in [2.45, 2.75) is 58.5 Å². The molecule has 1 aliphatic carbocycles. The minimum Gasteiger partial charge on any atom is -0.465 e. The van der Waals surface area contributed by atoms with Crippen LogP contribution in [0.5, 0.6) is 0 Å². The van der Waals surface area contributed by atoms with Crippen molar-refractivity contribution in [3.05, 3.63) is 35.5 Å². The summed E-state index contributed by atoms with van der Waals surface area (Å²) in [6.45, 7) is 5.26. The number of esters is 1. The smallest absolute Gasteiger partial charge is 0.325 e. The van der Waals surface area contributed by atoms with Crippen LogP contribution in [0.4, 0.5) is 4.79 Å². The van der Waals surface area contributed by atoms with Crippen molar-refractivity contribution >= 4 is 22.9 Å². The number of para-hydroxylation sites is 1. The van der Waals surface area contributed by atoms with Gasteiger partial charge in [-0.05, 0) is 44.2 Å². The van der Waals surface area contributed by atoms with Crippen molar-refractivity contribution in [1.82, 2.24) is 15.2 Å². The van der Waals surface area contributed by atoms with Crippen molar-refractivity contribution < 1.29 is 14.3 Å². The van der Waals surface area contributed by atoms with Crippen molar-refractivity contribution in [2.24, 2.45) is 0 Å². The summed E-state index contributed by atoms with van der Waals surface area (Å²) in [5.74, 6) is -0.211. The van der Waals surface area contributed by atoms with Crippen molar-refractivity contribution in [3.8, 4) is 0 Å². The van der Waals surface area contributed by atoms with Gasteiger partial charge in [-0.15, -0.1) is 0 Å². The maximum Gasteiger partial charge on any atom is 0.325 e. The van der Waals surface area contributed by atoms with Gasteiger partial charge in [0.25, 0.3) is 0 Å². The quantitative estimate of drug-likeness (QED) is 0.580. The number of hydrogen-bond donors (Lipinski definition) is 2. The number of carbonyl (C=O) groups excluding carboxylic acids is 2. The Hall–Kier alpha value is -2.50. The predicted octanol–water partition coefficient (Wildman–Crippen LogP) is 3.16. The average molecular weight is 371 g/mol. The fraction of sp³-hybridized carbons (Fsp3) is 0.524. The minimum absolute atomic E-state index is 0.0906. The Balaban J connectivity index is 1.78. The van der Waals surface area contributed by atoms with Gasteiger partial charge in [0.2, 0.25) is 0 Å². The third-order valence-electron chi connectivity index (χ3n) is 5.12. The molecule has 0 saturated heterocycles. The van der Waals surface area contributed by atoms with Gasteiger partial charge in [0.1, 0.15) is 6.54 Å². The van der Waals surface area contributed by atoms with Crippen LogP contribution in [0.1, 0.15) is 44.4 Å². The highest BCUT2D eigenvalue weighted by atomic mass is 16.5. The number of nitrogens with zero attached hydrogens (tertiary/aromatic N) is 1. The zero-order valence-electron chi connectivity index (χ0n) is 16.2. The van der Waals surface area contributed by atoms with E-state index in [4.69, 9.17) is 4.74 Å². The second-order valence-electron chi connectivity index (χ2n) is 7.03. The Morgan fingerprint density at radius 2 is 2.07 bits per heavy atom. The molecule has 6 heteroatoms. The lowest BCUT2D eigenvalue weighted by atomic mass is 9.91. The topological polar surface area (TPSA) is 72.4 Å². The lowest BCUT2D eigenvalue weighted by Gasteiger charge is -2.25. The molecule has 2 N–H and O–H groups in total. The molecule has 3 rings (SSSR count). The number of benzene rings is 1. The van der Waals surface area contributed by atoms with E-state index in [9.17, 15) is 9.59 Å². The molecule has 6 nitrogen and oxygen atoms in total. The molecule has 1 aromatic carbocycles. The predicted molar refractivity (Wildman–Crippen MR) is 106 cm³/mol. The second kappa shape index (κ2) is 8.93. The summed E-state index contributed by atoms with van der Waals surface area (Å²) >= 11 is 0. The molecule has 0 unspecified atom stereocenters. The van der Waals surface area contributed by atoms with E-state index in [1.54, 1.807) is 0 Å². The molecule has 1 heterocycles. The SMILES string of the molecule is CCCCNC(=O)N[C@@H]1CCc2c(c3ccccc3n2CC(=O)OCC)C1. The van der Waals surface area contributed by atoms with Gasteiger partial charge in [0.05, 0.1) is 6.61 Å². The first-order valence-electron chi connectivity index (χ1n) is 9.93. The maximum atomic E-state index is 12.1. The van der Waals surface area contributed by atoms with Crippen LogP contribution in [0.25, 0.3) is 10.9 Å². The molecule has 0 radical (unpaired) electrons. The van der Waals surface area contributed by atoms with E-state index < -0.39 is 0 Å². The van der Waals surface area contributed by atoms with E-state index >= 15 is 0 Å². The molecule has 27 heavy (non-hydrogen) atoms. The number of fused-ring (bicyclic) bond motifs is 3. The molecule has 1 aliphatic rings. The first-order valence-corrected chi connectivity index (χ1v) is 9.93. The number of amides is 2. The molecule has 0 spiro atoms. The highest BCUT2D eigenvalue weighted by Gasteiger charge is 2.27. The molecule has 0 saturated carbocycles. The number of ether oxygens (including phenoxy) is 1. The highest BCUT2D eigenvalue weighted by Crippen LogP contribution is 2.32. The van der Waals surface area contributed by atoms with Gasteiger partial charge in [-0.3, -0.25) is 4.79 Å². The monoisotopic (exact) mass is 371 g/mol. The molecular formula is C21H29N3O3. The molecule has 0 fully saturated rings. The Morgan fingerprint density at radius 1 is 1.26 bits per heavy atom. The van der Waals surface area contributed by atoms with Gasteiger partial charge in [-0.1, -0.05) is 31.5 Å². The molecule has 2 amide bonds. The van der Waals surface area contributed by atoms with E-state index in [1.165, 1.54) is 11.3 Å². The summed E-state index contributed by atoms with van der Waals surface area (Å²) in [6.07, 6.45) is 4.54. The second-order valence-corrected chi connectivity index (χ2v) is 7.03. The Bertz CT molecular complexity index is 812. The number of nitrogens with one attached hydrogen (secondary N) is 2. The minimum atomic E-state index is -0.211. The van der Waals surface area contributed by atoms with Crippen LogP contribution in [-0.4, -0.2) is 35.8 Å². The van der Waals surface area contributed by atoms with Gasteiger partial charge >= 0.3 is 12.0 Å². The Morgan fingerprint density at radius 3 is 2.85 bits per heavy atom. The van der Waals surface area contributed by atoms with Crippen LogP contribution in [0, 0.1) is 0 Å². The van der Waals surface area contributed by atoms with E-state index in [-0.39, 0.29) is 24.6 Å². The highest BCUT2D eigenvalue weighted by molar-refractivity contribution is 5.87. The number of rotatable bonds is 7. The van der Waals surface area contributed by atoms with Crippen LogP contribution >= 0.6 is 0 Å². The largest absolute Gasteiger partial charge is 0.465 e. The molecule has 146 valence electrons. The summed E-state index contributed by atoms with van der Waals surface area (Å²) in [6, 6.07) is 8.18. The van der Waals surface area contributed by atoms with Crippen LogP contribution in [0.2, 0.25) is 0 Å². The normalized spacial score (nSPS) is 16.0. The van der Waals surface area contributed by atoms with E-state index in [0.717, 1.165) is 43.0 Å². The number of urea groups is 1. The third kappa shape index (κ3) is 4.43. The molecule has 0 bridgehead atoms. The summed E-state index contributed by atoms with van der Waals surface area (Å²) < 4.78 is 7.23. The average Bonchev–Trinajstić information content (AvgIpc) is 2.96. The van der Waals surface area contributed by atoms with Gasteiger partial charge in [0, 0.05) is 29.2 Å². The first-order chi connectivity index (χ1) is 13.1. The van der Waals surface area contributed by atoms with E-state index in [2.05, 4.69) is 28.2 Å². The molecule has 1 aromatic heterocycles. The van der Waals surface area contributed by atoms with E-state index in [1.807, 2.05) is 25.1 Å². The third-order valence-corrected chi connectivity index (χ3v) is 5.12. The van der Waals surface area contributed by atoms with Crippen LogP contribution < -0.4 is 10.6 Å². The maximum absolute atomic E-state index is 12.1. The zero-order chi connectivity index (χ0) is 19.2. The summed E-state index contributed by atoms with van der Waals surface area (Å²) in [5, 5.41) is 7.19. The standard InChI is InChI=1S/C21H29N3O3/c1-3-5-12-22-21(26)23-15-10-11-19-17(13-15)16-8-6-7-9-18(16)24(19)14-20(25)27-4-2/h6-9,15H,3-5,10-14H2,1-2H3,(H2,22,23,26)/t15-/m1/s1. The Labute approximate surface area is 160 Å². The summed E-state index contributed by atoms with van der Waals surface area (Å²) in [4.78, 5) is 24.2. The fourth-order valence-corrected chi connectivity index (χ4v) is 3.86. The lowest BCUT2D eigenvalue weighted by molar-refractivity contribution is -0.143. The lowest BCUT2D eigenvalue weighted by Crippen LogP contribution is -2.44. The molecule has 0 aliphatic heterocycles. The number of aromatic nitrogens is 1.